The Labute approximate surface area is 136 Å². The Hall–Kier alpha value is -2.68. The second-order valence-corrected chi connectivity index (χ2v) is 5.60. The highest BCUT2D eigenvalue weighted by molar-refractivity contribution is 5.41. The molecule has 0 fully saturated rings. The summed E-state index contributed by atoms with van der Waals surface area (Å²) in [4.78, 5) is 6.67. The topological polar surface area (TPSA) is 16.1 Å². The Kier molecular flexibility index (Phi) is 4.67. The lowest BCUT2D eigenvalue weighted by molar-refractivity contribution is 0.626. The molecule has 0 N–H and O–H groups in total. The third-order valence-electron chi connectivity index (χ3n) is 3.88. The van der Waals surface area contributed by atoms with Crippen LogP contribution in [0.3, 0.4) is 0 Å². The molecular formula is C20H19FN2. The molecule has 0 aliphatic carbocycles. The second kappa shape index (κ2) is 7.05. The van der Waals surface area contributed by atoms with Crippen LogP contribution >= 0.6 is 0 Å². The van der Waals surface area contributed by atoms with Crippen molar-refractivity contribution in [2.24, 2.45) is 0 Å². The minimum absolute atomic E-state index is 0.211. The molecule has 0 spiro atoms. The predicted molar refractivity (Wildman–Crippen MR) is 91.7 cm³/mol. The number of pyridine rings is 1. The quantitative estimate of drug-likeness (QED) is 0.677. The van der Waals surface area contributed by atoms with E-state index in [4.69, 9.17) is 0 Å². The molecule has 1 heterocycles. The van der Waals surface area contributed by atoms with Gasteiger partial charge in [-0.05, 0) is 47.9 Å². The SMILES string of the molecule is Cc1ccccc1CN(Cc1ccc(F)cc1)c1ccccn1. The molecule has 3 heteroatoms. The van der Waals surface area contributed by atoms with Crippen molar-refractivity contribution in [1.82, 2.24) is 4.98 Å². The van der Waals surface area contributed by atoms with Gasteiger partial charge in [0.2, 0.25) is 0 Å². The van der Waals surface area contributed by atoms with E-state index < -0.39 is 0 Å². The summed E-state index contributed by atoms with van der Waals surface area (Å²) < 4.78 is 13.1. The molecule has 0 aliphatic heterocycles. The third kappa shape index (κ3) is 3.95. The van der Waals surface area contributed by atoms with Gasteiger partial charge in [0, 0.05) is 19.3 Å². The van der Waals surface area contributed by atoms with E-state index in [-0.39, 0.29) is 5.82 Å². The summed E-state index contributed by atoms with van der Waals surface area (Å²) in [6, 6.07) is 20.9. The van der Waals surface area contributed by atoms with E-state index in [0.717, 1.165) is 17.9 Å². The molecule has 0 atom stereocenters. The maximum absolute atomic E-state index is 13.1. The molecule has 2 aromatic carbocycles. The first kappa shape index (κ1) is 15.2. The van der Waals surface area contributed by atoms with E-state index in [1.807, 2.05) is 36.4 Å². The van der Waals surface area contributed by atoms with Crippen LogP contribution in [0.25, 0.3) is 0 Å². The van der Waals surface area contributed by atoms with Gasteiger partial charge >= 0.3 is 0 Å². The van der Waals surface area contributed by atoms with Crippen LogP contribution in [0.15, 0.2) is 72.9 Å². The average molecular weight is 306 g/mol. The Morgan fingerprint density at radius 2 is 1.61 bits per heavy atom. The van der Waals surface area contributed by atoms with Crippen LogP contribution in [0.2, 0.25) is 0 Å². The van der Waals surface area contributed by atoms with Gasteiger partial charge in [-0.1, -0.05) is 42.5 Å². The third-order valence-corrected chi connectivity index (χ3v) is 3.88. The van der Waals surface area contributed by atoms with Gasteiger partial charge in [0.05, 0.1) is 0 Å². The molecule has 2 nitrogen and oxygen atoms in total. The highest BCUT2D eigenvalue weighted by Gasteiger charge is 2.11. The molecule has 1 aromatic heterocycles. The maximum Gasteiger partial charge on any atom is 0.129 e. The predicted octanol–water partition coefficient (Wildman–Crippen LogP) is 4.74. The lowest BCUT2D eigenvalue weighted by Crippen LogP contribution is -2.23. The molecule has 0 saturated heterocycles. The van der Waals surface area contributed by atoms with Crippen molar-refractivity contribution >= 4 is 5.82 Å². The smallest absolute Gasteiger partial charge is 0.129 e. The first-order valence-electron chi connectivity index (χ1n) is 7.67. The van der Waals surface area contributed by atoms with Crippen LogP contribution in [0, 0.1) is 12.7 Å². The highest BCUT2D eigenvalue weighted by Crippen LogP contribution is 2.19. The van der Waals surface area contributed by atoms with Crippen molar-refractivity contribution in [3.63, 3.8) is 0 Å². The van der Waals surface area contributed by atoms with Gasteiger partial charge < -0.3 is 4.90 Å². The number of anilines is 1. The number of rotatable bonds is 5. The monoisotopic (exact) mass is 306 g/mol. The summed E-state index contributed by atoms with van der Waals surface area (Å²) in [5.41, 5.74) is 3.58. The van der Waals surface area contributed by atoms with Crippen LogP contribution in [0.5, 0.6) is 0 Å². The van der Waals surface area contributed by atoms with E-state index in [0.29, 0.717) is 6.54 Å². The largest absolute Gasteiger partial charge is 0.348 e. The number of hydrogen-bond acceptors (Lipinski definition) is 2. The minimum atomic E-state index is -0.211. The summed E-state index contributed by atoms with van der Waals surface area (Å²) in [6.07, 6.45) is 1.80. The summed E-state index contributed by atoms with van der Waals surface area (Å²) in [5, 5.41) is 0. The lowest BCUT2D eigenvalue weighted by atomic mass is 10.1. The highest BCUT2D eigenvalue weighted by atomic mass is 19.1. The van der Waals surface area contributed by atoms with Crippen LogP contribution in [0.1, 0.15) is 16.7 Å². The van der Waals surface area contributed by atoms with E-state index in [1.54, 1.807) is 6.20 Å². The van der Waals surface area contributed by atoms with Gasteiger partial charge in [-0.3, -0.25) is 0 Å². The zero-order valence-corrected chi connectivity index (χ0v) is 13.1. The molecule has 0 unspecified atom stereocenters. The van der Waals surface area contributed by atoms with E-state index in [2.05, 4.69) is 35.0 Å². The zero-order chi connectivity index (χ0) is 16.1. The molecule has 0 amide bonds. The standard InChI is InChI=1S/C20H19FN2/c1-16-6-2-3-7-18(16)15-23(20-8-4-5-13-22-20)14-17-9-11-19(21)12-10-17/h2-13H,14-15H2,1H3. The fourth-order valence-corrected chi connectivity index (χ4v) is 2.56. The molecule has 3 aromatic rings. The van der Waals surface area contributed by atoms with Crippen LogP contribution in [0.4, 0.5) is 10.2 Å². The molecule has 0 bridgehead atoms. The molecule has 3 rings (SSSR count). The normalized spacial score (nSPS) is 10.5. The van der Waals surface area contributed by atoms with Gasteiger partial charge in [-0.2, -0.15) is 0 Å². The minimum Gasteiger partial charge on any atom is -0.348 e. The molecule has 23 heavy (non-hydrogen) atoms. The van der Waals surface area contributed by atoms with Crippen LogP contribution < -0.4 is 4.90 Å². The van der Waals surface area contributed by atoms with Crippen molar-refractivity contribution in [2.75, 3.05) is 4.90 Å². The summed E-state index contributed by atoms with van der Waals surface area (Å²) >= 11 is 0. The maximum atomic E-state index is 13.1. The second-order valence-electron chi connectivity index (χ2n) is 5.60. The Morgan fingerprint density at radius 3 is 2.30 bits per heavy atom. The summed E-state index contributed by atoms with van der Waals surface area (Å²) in [6.45, 7) is 3.57. The number of nitrogens with zero attached hydrogens (tertiary/aromatic N) is 2. The first-order valence-corrected chi connectivity index (χ1v) is 7.67. The average Bonchev–Trinajstić information content (AvgIpc) is 2.59. The molecular weight excluding hydrogens is 287 g/mol. The number of aryl methyl sites for hydroxylation is 1. The number of halogens is 1. The molecule has 0 radical (unpaired) electrons. The van der Waals surface area contributed by atoms with Gasteiger partial charge in [0.25, 0.3) is 0 Å². The van der Waals surface area contributed by atoms with E-state index >= 15 is 0 Å². The molecule has 116 valence electrons. The van der Waals surface area contributed by atoms with Gasteiger partial charge in [-0.15, -0.1) is 0 Å². The van der Waals surface area contributed by atoms with E-state index in [9.17, 15) is 4.39 Å². The Bertz CT molecular complexity index is 754. The molecule has 0 saturated carbocycles. The van der Waals surface area contributed by atoms with Gasteiger partial charge in [-0.25, -0.2) is 9.37 Å². The lowest BCUT2D eigenvalue weighted by Gasteiger charge is -2.25. The fraction of sp³-hybridized carbons (Fsp3) is 0.150. The number of hydrogen-bond donors (Lipinski definition) is 0. The fourth-order valence-electron chi connectivity index (χ4n) is 2.56. The van der Waals surface area contributed by atoms with Gasteiger partial charge in [0.1, 0.15) is 11.6 Å². The number of benzene rings is 2. The zero-order valence-electron chi connectivity index (χ0n) is 13.1. The molecule has 0 aliphatic rings. The van der Waals surface area contributed by atoms with Crippen LogP contribution in [-0.4, -0.2) is 4.98 Å². The van der Waals surface area contributed by atoms with Crippen molar-refractivity contribution in [3.8, 4) is 0 Å². The van der Waals surface area contributed by atoms with E-state index in [1.165, 1.54) is 23.3 Å². The summed E-state index contributed by atoms with van der Waals surface area (Å²) in [5.74, 6) is 0.706. The van der Waals surface area contributed by atoms with Crippen molar-refractivity contribution in [1.29, 1.82) is 0 Å². The van der Waals surface area contributed by atoms with Crippen molar-refractivity contribution < 1.29 is 4.39 Å². The summed E-state index contributed by atoms with van der Waals surface area (Å²) in [7, 11) is 0. The number of aromatic nitrogens is 1. The first-order chi connectivity index (χ1) is 11.2. The van der Waals surface area contributed by atoms with Crippen molar-refractivity contribution in [3.05, 3.63) is 95.4 Å². The van der Waals surface area contributed by atoms with Crippen molar-refractivity contribution in [2.45, 2.75) is 20.0 Å². The Balaban J connectivity index is 1.88. The Morgan fingerprint density at radius 1 is 0.870 bits per heavy atom. The van der Waals surface area contributed by atoms with Gasteiger partial charge in [0.15, 0.2) is 0 Å². The van der Waals surface area contributed by atoms with Crippen LogP contribution in [-0.2, 0) is 13.1 Å².